The second-order valence-corrected chi connectivity index (χ2v) is 4.13. The molecule has 1 amide bonds. The molecular weight excluding hydrogens is 243 g/mol. The summed E-state index contributed by atoms with van der Waals surface area (Å²) in [6.45, 7) is 1.18. The third kappa shape index (κ3) is 5.15. The van der Waals surface area contributed by atoms with Crippen LogP contribution in [0.5, 0.6) is 0 Å². The maximum absolute atomic E-state index is 12.8. The van der Waals surface area contributed by atoms with Crippen molar-refractivity contribution in [1.82, 2.24) is 5.32 Å². The van der Waals surface area contributed by atoms with Crippen LogP contribution >= 0.6 is 12.4 Å². The first-order chi connectivity index (χ1) is 7.74. The monoisotopic (exact) mass is 258 g/mol. The minimum absolute atomic E-state index is 0. The Morgan fingerprint density at radius 3 is 2.82 bits per heavy atom. The number of carbonyl (C=O) groups is 1. The van der Waals surface area contributed by atoms with E-state index in [9.17, 15) is 9.18 Å². The Morgan fingerprint density at radius 2 is 2.18 bits per heavy atom. The van der Waals surface area contributed by atoms with Crippen LogP contribution in [0.15, 0.2) is 24.3 Å². The second-order valence-electron chi connectivity index (χ2n) is 4.13. The summed E-state index contributed by atoms with van der Waals surface area (Å²) in [5.74, 6) is 0.275. The van der Waals surface area contributed by atoms with Crippen molar-refractivity contribution in [2.45, 2.75) is 12.8 Å². The summed E-state index contributed by atoms with van der Waals surface area (Å²) >= 11 is 0. The molecule has 5 heteroatoms. The summed E-state index contributed by atoms with van der Waals surface area (Å²) in [5.41, 5.74) is 0.498. The van der Waals surface area contributed by atoms with Crippen molar-refractivity contribution >= 4 is 24.0 Å². The highest BCUT2D eigenvalue weighted by atomic mass is 35.5. The van der Waals surface area contributed by atoms with Gasteiger partial charge in [0, 0.05) is 5.69 Å². The van der Waals surface area contributed by atoms with E-state index in [4.69, 9.17) is 0 Å². The predicted octanol–water partition coefficient (Wildman–Crippen LogP) is 2.19. The number of carbonyl (C=O) groups excluding carboxylic acids is 1. The van der Waals surface area contributed by atoms with Crippen LogP contribution in [0.1, 0.15) is 12.8 Å². The van der Waals surface area contributed by atoms with Gasteiger partial charge in [-0.2, -0.15) is 0 Å². The molecule has 0 spiro atoms. The molecule has 0 saturated heterocycles. The lowest BCUT2D eigenvalue weighted by molar-refractivity contribution is -0.115. The molecule has 0 atom stereocenters. The fourth-order valence-corrected chi connectivity index (χ4v) is 1.48. The van der Waals surface area contributed by atoms with Gasteiger partial charge in [0.15, 0.2) is 0 Å². The molecule has 0 bridgehead atoms. The lowest BCUT2D eigenvalue weighted by Gasteiger charge is -2.06. The number of hydrogen-bond donors (Lipinski definition) is 2. The van der Waals surface area contributed by atoms with Gasteiger partial charge in [-0.3, -0.25) is 4.79 Å². The third-order valence-corrected chi connectivity index (χ3v) is 2.52. The first-order valence-corrected chi connectivity index (χ1v) is 5.50. The molecule has 1 aliphatic rings. The summed E-state index contributed by atoms with van der Waals surface area (Å²) in [6, 6.07) is 5.89. The largest absolute Gasteiger partial charge is 0.325 e. The zero-order chi connectivity index (χ0) is 11.4. The van der Waals surface area contributed by atoms with E-state index in [-0.39, 0.29) is 30.7 Å². The maximum Gasteiger partial charge on any atom is 0.238 e. The third-order valence-electron chi connectivity index (χ3n) is 2.52. The van der Waals surface area contributed by atoms with E-state index in [2.05, 4.69) is 10.6 Å². The van der Waals surface area contributed by atoms with Crippen molar-refractivity contribution < 1.29 is 9.18 Å². The maximum atomic E-state index is 12.8. The average Bonchev–Trinajstić information content (AvgIpc) is 3.01. The Morgan fingerprint density at radius 1 is 1.41 bits per heavy atom. The number of rotatable bonds is 5. The summed E-state index contributed by atoms with van der Waals surface area (Å²) in [5, 5.41) is 5.71. The fraction of sp³-hybridized carbons (Fsp3) is 0.417. The molecule has 3 nitrogen and oxygen atoms in total. The van der Waals surface area contributed by atoms with Crippen LogP contribution < -0.4 is 10.6 Å². The molecule has 2 N–H and O–H groups in total. The van der Waals surface area contributed by atoms with Gasteiger partial charge in [-0.15, -0.1) is 12.4 Å². The molecule has 0 radical (unpaired) electrons. The molecular formula is C12H16ClFN2O. The van der Waals surface area contributed by atoms with Crippen LogP contribution in [0.2, 0.25) is 0 Å². The summed E-state index contributed by atoms with van der Waals surface area (Å²) < 4.78 is 12.8. The molecule has 0 aliphatic heterocycles. The van der Waals surface area contributed by atoms with Crippen LogP contribution in [-0.2, 0) is 4.79 Å². The van der Waals surface area contributed by atoms with Gasteiger partial charge in [-0.05, 0) is 43.5 Å². The first-order valence-electron chi connectivity index (χ1n) is 5.50. The van der Waals surface area contributed by atoms with Crippen molar-refractivity contribution in [3.8, 4) is 0 Å². The molecule has 17 heavy (non-hydrogen) atoms. The van der Waals surface area contributed by atoms with Gasteiger partial charge < -0.3 is 10.6 Å². The molecule has 0 unspecified atom stereocenters. The van der Waals surface area contributed by atoms with Gasteiger partial charge in [0.05, 0.1) is 6.54 Å². The lowest BCUT2D eigenvalue weighted by atomic mass is 10.3. The van der Waals surface area contributed by atoms with Crippen LogP contribution in [-0.4, -0.2) is 19.0 Å². The summed E-state index contributed by atoms with van der Waals surface area (Å²) in [7, 11) is 0. The molecule has 2 rings (SSSR count). The Hall–Kier alpha value is -1.13. The summed E-state index contributed by atoms with van der Waals surface area (Å²) in [6.07, 6.45) is 2.52. The highest BCUT2D eigenvalue weighted by Gasteiger charge is 2.20. The van der Waals surface area contributed by atoms with Crippen LogP contribution in [0.25, 0.3) is 0 Å². The molecule has 1 aromatic rings. The molecule has 94 valence electrons. The van der Waals surface area contributed by atoms with Crippen LogP contribution in [0, 0.1) is 11.7 Å². The molecule has 1 aromatic carbocycles. The molecule has 1 saturated carbocycles. The van der Waals surface area contributed by atoms with E-state index in [1.165, 1.54) is 25.0 Å². The number of benzene rings is 1. The molecule has 0 heterocycles. The van der Waals surface area contributed by atoms with E-state index in [0.717, 1.165) is 12.5 Å². The number of hydrogen-bond acceptors (Lipinski definition) is 2. The van der Waals surface area contributed by atoms with Crippen molar-refractivity contribution in [2.24, 2.45) is 5.92 Å². The predicted molar refractivity (Wildman–Crippen MR) is 67.9 cm³/mol. The Bertz CT molecular complexity index is 383. The van der Waals surface area contributed by atoms with Crippen molar-refractivity contribution in [2.75, 3.05) is 18.4 Å². The number of halogens is 2. The zero-order valence-corrected chi connectivity index (χ0v) is 10.2. The minimum atomic E-state index is -0.344. The van der Waals surface area contributed by atoms with E-state index < -0.39 is 0 Å². The van der Waals surface area contributed by atoms with E-state index >= 15 is 0 Å². The van der Waals surface area contributed by atoms with Crippen LogP contribution in [0.4, 0.5) is 10.1 Å². The van der Waals surface area contributed by atoms with Gasteiger partial charge in [0.1, 0.15) is 5.82 Å². The van der Waals surface area contributed by atoms with E-state index in [0.29, 0.717) is 5.69 Å². The minimum Gasteiger partial charge on any atom is -0.325 e. The highest BCUT2D eigenvalue weighted by molar-refractivity contribution is 5.92. The molecule has 0 aromatic heterocycles. The zero-order valence-electron chi connectivity index (χ0n) is 9.41. The number of nitrogens with one attached hydrogen (secondary N) is 2. The fourth-order valence-electron chi connectivity index (χ4n) is 1.48. The number of amides is 1. The van der Waals surface area contributed by atoms with E-state index in [1.54, 1.807) is 12.1 Å². The Labute approximate surface area is 106 Å². The van der Waals surface area contributed by atoms with Gasteiger partial charge in [0.2, 0.25) is 5.91 Å². The van der Waals surface area contributed by atoms with Crippen LogP contribution in [0.3, 0.4) is 0 Å². The van der Waals surface area contributed by atoms with Crippen molar-refractivity contribution in [3.63, 3.8) is 0 Å². The van der Waals surface area contributed by atoms with E-state index in [1.807, 2.05) is 0 Å². The Kier molecular flexibility index (Phi) is 5.38. The van der Waals surface area contributed by atoms with Gasteiger partial charge in [-0.1, -0.05) is 6.07 Å². The Balaban J connectivity index is 0.00000144. The second kappa shape index (κ2) is 6.57. The van der Waals surface area contributed by atoms with Crippen molar-refractivity contribution in [1.29, 1.82) is 0 Å². The smallest absolute Gasteiger partial charge is 0.238 e. The normalized spacial score (nSPS) is 13.9. The van der Waals surface area contributed by atoms with Gasteiger partial charge >= 0.3 is 0 Å². The summed E-state index contributed by atoms with van der Waals surface area (Å²) in [4.78, 5) is 11.4. The first kappa shape index (κ1) is 13.9. The lowest BCUT2D eigenvalue weighted by Crippen LogP contribution is -2.29. The van der Waals surface area contributed by atoms with Crippen molar-refractivity contribution in [3.05, 3.63) is 30.1 Å². The van der Waals surface area contributed by atoms with Gasteiger partial charge in [0.25, 0.3) is 0 Å². The van der Waals surface area contributed by atoms with Gasteiger partial charge in [-0.25, -0.2) is 4.39 Å². The molecule has 1 fully saturated rings. The average molecular weight is 259 g/mol. The topological polar surface area (TPSA) is 41.1 Å². The quantitative estimate of drug-likeness (QED) is 0.850. The standard InChI is InChI=1S/C12H15FN2O.ClH/c13-10-2-1-3-11(6-10)15-12(16)8-14-7-9-4-5-9;/h1-3,6,9,14H,4-5,7-8H2,(H,15,16);1H. The highest BCUT2D eigenvalue weighted by Crippen LogP contribution is 2.27. The SMILES string of the molecule is Cl.O=C(CNCC1CC1)Nc1cccc(F)c1. The number of anilines is 1. The molecule has 1 aliphatic carbocycles.